The molecule has 0 saturated heterocycles. The Labute approximate surface area is 53.3 Å². The maximum atomic E-state index is 5.53. The Morgan fingerprint density at radius 2 is 2.50 bits per heavy atom. The van der Waals surface area contributed by atoms with Gasteiger partial charge >= 0.3 is 0 Å². The minimum Gasteiger partial charge on any atom is -0.467 e. The van der Waals surface area contributed by atoms with Crippen LogP contribution in [0.1, 0.15) is 12.7 Å². The summed E-state index contributed by atoms with van der Waals surface area (Å²) in [4.78, 5) is 0. The Balaban J connectivity index is 2.84. The van der Waals surface area contributed by atoms with Crippen molar-refractivity contribution in [3.05, 3.63) is 29.5 Å². The minimum atomic E-state index is 0.651. The summed E-state index contributed by atoms with van der Waals surface area (Å²) in [5.41, 5.74) is 0. The highest BCUT2D eigenvalue weighted by molar-refractivity contribution is 6.30. The minimum absolute atomic E-state index is 0.651. The van der Waals surface area contributed by atoms with E-state index in [2.05, 4.69) is 0 Å². The Kier molecular flexibility index (Phi) is 1.59. The highest BCUT2D eigenvalue weighted by Gasteiger charge is 1.93. The maximum Gasteiger partial charge on any atom is 0.109 e. The first-order valence-corrected chi connectivity index (χ1v) is 2.74. The summed E-state index contributed by atoms with van der Waals surface area (Å²) in [5.74, 6) is 0.815. The van der Waals surface area contributed by atoms with Crippen LogP contribution in [0.25, 0.3) is 0 Å². The van der Waals surface area contributed by atoms with Gasteiger partial charge in [0.05, 0.1) is 5.02 Å². The molecule has 2 heteroatoms. The molecule has 0 saturated carbocycles. The van der Waals surface area contributed by atoms with Gasteiger partial charge < -0.3 is 4.42 Å². The topological polar surface area (TPSA) is 13.1 Å². The second-order valence-corrected chi connectivity index (χ2v) is 1.89. The van der Waals surface area contributed by atoms with Crippen molar-refractivity contribution in [3.8, 4) is 0 Å². The van der Waals surface area contributed by atoms with Crippen LogP contribution in [-0.4, -0.2) is 0 Å². The van der Waals surface area contributed by atoms with Gasteiger partial charge in [0.2, 0.25) is 0 Å². The Bertz CT molecular complexity index is 169. The van der Waals surface area contributed by atoms with Gasteiger partial charge in [0.25, 0.3) is 0 Å². The summed E-state index contributed by atoms with van der Waals surface area (Å²) in [6, 6.07) is 1.77. The van der Waals surface area contributed by atoms with E-state index in [0.29, 0.717) is 5.02 Å². The van der Waals surface area contributed by atoms with Crippen LogP contribution in [-0.2, 0) is 0 Å². The van der Waals surface area contributed by atoms with Crippen LogP contribution in [0.5, 0.6) is 0 Å². The molecule has 0 atom stereocenters. The van der Waals surface area contributed by atoms with Crippen molar-refractivity contribution >= 4 is 11.6 Å². The van der Waals surface area contributed by atoms with Crippen molar-refractivity contribution in [1.29, 1.82) is 0 Å². The lowest BCUT2D eigenvalue weighted by molar-refractivity contribution is 0.540. The van der Waals surface area contributed by atoms with E-state index in [-0.39, 0.29) is 0 Å². The van der Waals surface area contributed by atoms with Crippen molar-refractivity contribution in [3.63, 3.8) is 0 Å². The van der Waals surface area contributed by atoms with Crippen LogP contribution in [0.3, 0.4) is 0 Å². The molecule has 0 unspecified atom stereocenters. The average Bonchev–Trinajstić information content (AvgIpc) is 2.14. The molecule has 1 aromatic rings. The number of hydrogen-bond acceptors (Lipinski definition) is 1. The molecule has 8 heavy (non-hydrogen) atoms. The number of furan rings is 1. The molecule has 1 radical (unpaired) electrons. The van der Waals surface area contributed by atoms with Crippen LogP contribution < -0.4 is 0 Å². The molecule has 0 bridgehead atoms. The van der Waals surface area contributed by atoms with E-state index < -0.39 is 0 Å². The monoisotopic (exact) mass is 129 g/mol. The molecule has 1 heterocycles. The average molecular weight is 130 g/mol. The van der Waals surface area contributed by atoms with Crippen molar-refractivity contribution in [2.45, 2.75) is 6.92 Å². The molecule has 0 aliphatic carbocycles. The quantitative estimate of drug-likeness (QED) is 0.568. The van der Waals surface area contributed by atoms with Crippen LogP contribution in [0.4, 0.5) is 0 Å². The molecular weight excluding hydrogens is 124 g/mol. The SMILES string of the molecule is C[CH]c1cc(Cl)co1. The molecule has 0 amide bonds. The molecule has 0 aliphatic rings. The summed E-state index contributed by atoms with van der Waals surface area (Å²) in [5, 5.41) is 0.651. The predicted molar refractivity (Wildman–Crippen MR) is 32.8 cm³/mol. The van der Waals surface area contributed by atoms with Gasteiger partial charge in [-0.05, 0) is 6.07 Å². The second-order valence-electron chi connectivity index (χ2n) is 1.46. The summed E-state index contributed by atoms with van der Waals surface area (Å²) in [6.07, 6.45) is 3.36. The van der Waals surface area contributed by atoms with E-state index in [1.165, 1.54) is 6.26 Å². The zero-order valence-electron chi connectivity index (χ0n) is 4.52. The molecule has 0 fully saturated rings. The fourth-order valence-corrected chi connectivity index (χ4v) is 0.632. The van der Waals surface area contributed by atoms with E-state index in [1.807, 2.05) is 13.3 Å². The van der Waals surface area contributed by atoms with Crippen LogP contribution in [0.15, 0.2) is 16.7 Å². The van der Waals surface area contributed by atoms with E-state index in [9.17, 15) is 0 Å². The van der Waals surface area contributed by atoms with Crippen molar-refractivity contribution < 1.29 is 4.42 Å². The molecule has 1 rings (SSSR count). The lowest BCUT2D eigenvalue weighted by Crippen LogP contribution is -1.63. The molecule has 0 N–H and O–H groups in total. The van der Waals surface area contributed by atoms with Crippen LogP contribution >= 0.6 is 11.6 Å². The first kappa shape index (κ1) is 5.70. The zero-order valence-corrected chi connectivity index (χ0v) is 5.27. The summed E-state index contributed by atoms with van der Waals surface area (Å²) < 4.78 is 4.93. The van der Waals surface area contributed by atoms with Gasteiger partial charge in [-0.3, -0.25) is 0 Å². The number of rotatable bonds is 1. The third-order valence-corrected chi connectivity index (χ3v) is 1.07. The molecule has 0 aromatic carbocycles. The van der Waals surface area contributed by atoms with E-state index in [0.717, 1.165) is 5.76 Å². The fraction of sp³-hybridized carbons (Fsp3) is 0.167. The smallest absolute Gasteiger partial charge is 0.109 e. The molecule has 43 valence electrons. The molecule has 0 aliphatic heterocycles. The first-order valence-electron chi connectivity index (χ1n) is 2.36. The van der Waals surface area contributed by atoms with E-state index in [4.69, 9.17) is 16.0 Å². The van der Waals surface area contributed by atoms with Gasteiger partial charge in [-0.25, -0.2) is 0 Å². The van der Waals surface area contributed by atoms with Gasteiger partial charge in [-0.15, -0.1) is 0 Å². The highest BCUT2D eigenvalue weighted by Crippen LogP contribution is 2.13. The third kappa shape index (κ3) is 1.04. The van der Waals surface area contributed by atoms with Crippen molar-refractivity contribution in [2.24, 2.45) is 0 Å². The molecule has 1 aromatic heterocycles. The Morgan fingerprint density at radius 1 is 1.75 bits per heavy atom. The lowest BCUT2D eigenvalue weighted by Gasteiger charge is -1.78. The Hall–Kier alpha value is -0.430. The van der Waals surface area contributed by atoms with Gasteiger partial charge in [0.15, 0.2) is 0 Å². The van der Waals surface area contributed by atoms with Crippen molar-refractivity contribution in [2.75, 3.05) is 0 Å². The van der Waals surface area contributed by atoms with Gasteiger partial charge in [-0.2, -0.15) is 0 Å². The number of halogens is 1. The molecule has 1 nitrogen and oxygen atoms in total. The largest absolute Gasteiger partial charge is 0.467 e. The normalized spacial score (nSPS) is 9.75. The zero-order chi connectivity index (χ0) is 5.98. The maximum absolute atomic E-state index is 5.53. The number of hydrogen-bond donors (Lipinski definition) is 0. The van der Waals surface area contributed by atoms with E-state index >= 15 is 0 Å². The van der Waals surface area contributed by atoms with Gasteiger partial charge in [0.1, 0.15) is 12.0 Å². The van der Waals surface area contributed by atoms with E-state index in [1.54, 1.807) is 6.07 Å². The standard InChI is InChI=1S/C6H6ClO/c1-2-6-3-5(7)4-8-6/h2-4H,1H3. The third-order valence-electron chi connectivity index (χ3n) is 0.872. The fourth-order valence-electron chi connectivity index (χ4n) is 0.480. The second kappa shape index (κ2) is 2.23. The summed E-state index contributed by atoms with van der Waals surface area (Å²) in [7, 11) is 0. The Morgan fingerprint density at radius 3 is 2.75 bits per heavy atom. The summed E-state index contributed by atoms with van der Waals surface area (Å²) in [6.45, 7) is 1.90. The van der Waals surface area contributed by atoms with Gasteiger partial charge in [0, 0.05) is 6.42 Å². The van der Waals surface area contributed by atoms with Gasteiger partial charge in [-0.1, -0.05) is 18.5 Å². The predicted octanol–water partition coefficient (Wildman–Crippen LogP) is 2.51. The van der Waals surface area contributed by atoms with Crippen molar-refractivity contribution in [1.82, 2.24) is 0 Å². The lowest BCUT2D eigenvalue weighted by atomic mass is 10.4. The molecular formula is C6H6ClO. The highest BCUT2D eigenvalue weighted by atomic mass is 35.5. The molecule has 0 spiro atoms. The summed E-state index contributed by atoms with van der Waals surface area (Å²) >= 11 is 5.53. The van der Waals surface area contributed by atoms with Crippen LogP contribution in [0, 0.1) is 6.42 Å². The van der Waals surface area contributed by atoms with Crippen LogP contribution in [0.2, 0.25) is 5.02 Å². The first-order chi connectivity index (χ1) is 3.83.